The summed E-state index contributed by atoms with van der Waals surface area (Å²) in [5.41, 5.74) is 14.9. The average Bonchev–Trinajstić information content (AvgIpc) is 2.29. The van der Waals surface area contributed by atoms with Crippen LogP contribution in [0.25, 0.3) is 0 Å². The lowest BCUT2D eigenvalue weighted by Gasteiger charge is -2.14. The Bertz CT molecular complexity index is 451. The molecule has 0 aliphatic carbocycles. The van der Waals surface area contributed by atoms with Gasteiger partial charge in [-0.15, -0.1) is 11.6 Å². The zero-order valence-electron chi connectivity index (χ0n) is 8.73. The highest BCUT2D eigenvalue weighted by molar-refractivity contribution is 6.23. The van der Waals surface area contributed by atoms with Crippen LogP contribution in [0.2, 0.25) is 0 Å². The van der Waals surface area contributed by atoms with Crippen LogP contribution in [0, 0.1) is 0 Å². The van der Waals surface area contributed by atoms with Gasteiger partial charge in [0.25, 0.3) is 0 Å². The van der Waals surface area contributed by atoms with Gasteiger partial charge in [-0.1, -0.05) is 36.4 Å². The summed E-state index contributed by atoms with van der Waals surface area (Å²) in [5.74, 6) is 0. The van der Waals surface area contributed by atoms with E-state index < -0.39 is 0 Å². The molecule has 0 unspecified atom stereocenters. The molecule has 0 spiro atoms. The highest BCUT2D eigenvalue weighted by Crippen LogP contribution is 2.34. The van der Waals surface area contributed by atoms with Gasteiger partial charge in [-0.25, -0.2) is 0 Å². The van der Waals surface area contributed by atoms with E-state index in [2.05, 4.69) is 0 Å². The van der Waals surface area contributed by atoms with Crippen molar-refractivity contribution >= 4 is 23.0 Å². The summed E-state index contributed by atoms with van der Waals surface area (Å²) < 4.78 is 0. The molecule has 0 atom stereocenters. The van der Waals surface area contributed by atoms with Crippen LogP contribution in [0.5, 0.6) is 0 Å². The van der Waals surface area contributed by atoms with Gasteiger partial charge in [-0.3, -0.25) is 0 Å². The first-order valence-corrected chi connectivity index (χ1v) is 5.46. The number of rotatable bonds is 2. The number of hydrogen-bond acceptors (Lipinski definition) is 2. The van der Waals surface area contributed by atoms with Gasteiger partial charge in [-0.05, 0) is 23.3 Å². The van der Waals surface area contributed by atoms with E-state index in [1.165, 1.54) is 0 Å². The van der Waals surface area contributed by atoms with Crippen LogP contribution in [0.1, 0.15) is 16.5 Å². The third-order valence-corrected chi connectivity index (χ3v) is 3.01. The van der Waals surface area contributed by atoms with E-state index in [0.29, 0.717) is 11.4 Å². The first kappa shape index (κ1) is 10.8. The number of benzene rings is 2. The maximum Gasteiger partial charge on any atom is 0.0875 e. The lowest BCUT2D eigenvalue weighted by atomic mass is 10.0. The molecule has 0 aromatic heterocycles. The third kappa shape index (κ3) is 1.97. The second-order valence-corrected chi connectivity index (χ2v) is 4.06. The van der Waals surface area contributed by atoms with Crippen molar-refractivity contribution in [3.8, 4) is 0 Å². The molecule has 0 amide bonds. The number of halogens is 1. The molecule has 0 heterocycles. The van der Waals surface area contributed by atoms with Crippen molar-refractivity contribution in [3.05, 3.63) is 59.7 Å². The number of alkyl halides is 1. The van der Waals surface area contributed by atoms with Crippen LogP contribution in [-0.2, 0) is 0 Å². The molecule has 2 rings (SSSR count). The topological polar surface area (TPSA) is 52.0 Å². The molecule has 4 N–H and O–H groups in total. The fourth-order valence-corrected chi connectivity index (χ4v) is 2.05. The zero-order chi connectivity index (χ0) is 11.5. The molecule has 0 aliphatic rings. The summed E-state index contributed by atoms with van der Waals surface area (Å²) in [6.45, 7) is 0. The molecule has 0 saturated heterocycles. The van der Waals surface area contributed by atoms with E-state index in [1.807, 2.05) is 48.5 Å². The van der Waals surface area contributed by atoms with E-state index in [4.69, 9.17) is 23.1 Å². The Kier molecular flexibility index (Phi) is 3.02. The van der Waals surface area contributed by atoms with Crippen molar-refractivity contribution < 1.29 is 0 Å². The molecule has 0 saturated carbocycles. The molecule has 82 valence electrons. The van der Waals surface area contributed by atoms with E-state index in [0.717, 1.165) is 11.1 Å². The first-order chi connectivity index (χ1) is 7.70. The molecule has 0 radical (unpaired) electrons. The van der Waals surface area contributed by atoms with Gasteiger partial charge in [-0.2, -0.15) is 0 Å². The summed E-state index contributed by atoms with van der Waals surface area (Å²) in [4.78, 5) is 0. The quantitative estimate of drug-likeness (QED) is 0.617. The smallest absolute Gasteiger partial charge is 0.0875 e. The fraction of sp³-hybridized carbons (Fsp3) is 0.0769. The molecule has 0 bridgehead atoms. The Hall–Kier alpha value is -1.67. The Morgan fingerprint density at radius 1 is 0.750 bits per heavy atom. The second kappa shape index (κ2) is 4.45. The van der Waals surface area contributed by atoms with Crippen molar-refractivity contribution in [1.82, 2.24) is 0 Å². The largest absolute Gasteiger partial charge is 0.398 e. The van der Waals surface area contributed by atoms with E-state index >= 15 is 0 Å². The van der Waals surface area contributed by atoms with Crippen molar-refractivity contribution in [1.29, 1.82) is 0 Å². The van der Waals surface area contributed by atoms with Gasteiger partial charge in [0.2, 0.25) is 0 Å². The molecule has 16 heavy (non-hydrogen) atoms. The SMILES string of the molecule is Nc1ccccc1C(Cl)c1ccccc1N. The minimum atomic E-state index is -0.303. The van der Waals surface area contributed by atoms with Crippen LogP contribution >= 0.6 is 11.6 Å². The summed E-state index contributed by atoms with van der Waals surface area (Å²) in [5, 5.41) is -0.303. The van der Waals surface area contributed by atoms with E-state index in [9.17, 15) is 0 Å². The minimum absolute atomic E-state index is 0.303. The van der Waals surface area contributed by atoms with Gasteiger partial charge >= 0.3 is 0 Å². The summed E-state index contributed by atoms with van der Waals surface area (Å²) in [6.07, 6.45) is 0. The number of nitrogens with two attached hydrogens (primary N) is 2. The molecular weight excluding hydrogens is 220 g/mol. The summed E-state index contributed by atoms with van der Waals surface area (Å²) in [7, 11) is 0. The molecule has 0 fully saturated rings. The van der Waals surface area contributed by atoms with Crippen LogP contribution in [-0.4, -0.2) is 0 Å². The maximum absolute atomic E-state index is 6.38. The van der Waals surface area contributed by atoms with Crippen molar-refractivity contribution in [2.45, 2.75) is 5.38 Å². The number of para-hydroxylation sites is 2. The normalized spacial score (nSPS) is 10.6. The number of anilines is 2. The highest BCUT2D eigenvalue weighted by atomic mass is 35.5. The van der Waals surface area contributed by atoms with E-state index in [-0.39, 0.29) is 5.38 Å². The second-order valence-electron chi connectivity index (χ2n) is 3.62. The molecule has 2 nitrogen and oxygen atoms in total. The van der Waals surface area contributed by atoms with Crippen LogP contribution < -0.4 is 11.5 Å². The Balaban J connectivity index is 2.44. The van der Waals surface area contributed by atoms with Gasteiger partial charge in [0.15, 0.2) is 0 Å². The van der Waals surface area contributed by atoms with Gasteiger partial charge < -0.3 is 11.5 Å². The lowest BCUT2D eigenvalue weighted by Crippen LogP contribution is -2.01. The monoisotopic (exact) mass is 232 g/mol. The van der Waals surface area contributed by atoms with Crippen molar-refractivity contribution in [3.63, 3.8) is 0 Å². The predicted octanol–water partition coefficient (Wildman–Crippen LogP) is 3.18. The predicted molar refractivity (Wildman–Crippen MR) is 69.4 cm³/mol. The summed E-state index contributed by atoms with van der Waals surface area (Å²) >= 11 is 6.38. The average molecular weight is 233 g/mol. The van der Waals surface area contributed by atoms with Crippen molar-refractivity contribution in [2.24, 2.45) is 0 Å². The van der Waals surface area contributed by atoms with Crippen LogP contribution in [0.4, 0.5) is 11.4 Å². The van der Waals surface area contributed by atoms with Gasteiger partial charge in [0.05, 0.1) is 5.38 Å². The zero-order valence-corrected chi connectivity index (χ0v) is 9.48. The summed E-state index contributed by atoms with van der Waals surface area (Å²) in [6, 6.07) is 15.1. The first-order valence-electron chi connectivity index (χ1n) is 5.03. The van der Waals surface area contributed by atoms with Gasteiger partial charge in [0.1, 0.15) is 0 Å². The standard InChI is InChI=1S/C13H13ClN2/c14-13(9-5-1-3-7-11(9)15)10-6-2-4-8-12(10)16/h1-8,13H,15-16H2. The molecule has 3 heteroatoms. The highest BCUT2D eigenvalue weighted by Gasteiger charge is 2.15. The molecular formula is C13H13ClN2. The Labute approximate surface area is 99.8 Å². The number of hydrogen-bond donors (Lipinski definition) is 2. The van der Waals surface area contributed by atoms with Crippen LogP contribution in [0.3, 0.4) is 0 Å². The fourth-order valence-electron chi connectivity index (χ4n) is 1.65. The maximum atomic E-state index is 6.38. The lowest BCUT2D eigenvalue weighted by molar-refractivity contribution is 1.15. The Morgan fingerprint density at radius 3 is 1.50 bits per heavy atom. The minimum Gasteiger partial charge on any atom is -0.398 e. The Morgan fingerprint density at radius 2 is 1.12 bits per heavy atom. The molecule has 0 aliphatic heterocycles. The number of nitrogen functional groups attached to an aromatic ring is 2. The van der Waals surface area contributed by atoms with Crippen LogP contribution in [0.15, 0.2) is 48.5 Å². The molecule has 2 aromatic rings. The molecule has 2 aromatic carbocycles. The third-order valence-electron chi connectivity index (χ3n) is 2.54. The van der Waals surface area contributed by atoms with E-state index in [1.54, 1.807) is 0 Å². The van der Waals surface area contributed by atoms with Gasteiger partial charge in [0, 0.05) is 11.4 Å². The van der Waals surface area contributed by atoms with Crippen molar-refractivity contribution in [2.75, 3.05) is 11.5 Å².